The SMILES string of the molecule is C(=C\c1ccc2c(c1)C1(c3ccccc3-c3ccccc31)c1cc(/C=C/c3ccc(-c4ccc5c(c4)-c4ccccc4[Si]54Cc5ccccc5C4)cc3)ccc1-2)/c1ccc(-c2ccc3c(c2)-c2ccccc2[Si]32Cc3ccccc3C2)cc1. The Hall–Kier alpha value is -9.45. The first-order valence-corrected chi connectivity index (χ1v) is 34.5. The van der Waals surface area contributed by atoms with Crippen molar-refractivity contribution in [2.45, 2.75) is 29.6 Å². The Kier molecular flexibility index (Phi) is 10.1. The van der Waals surface area contributed by atoms with Crippen LogP contribution >= 0.6 is 0 Å². The van der Waals surface area contributed by atoms with Crippen molar-refractivity contribution in [3.05, 3.63) is 334 Å². The molecule has 4 heterocycles. The monoisotopic (exact) mass is 1080 g/mol. The molecule has 0 saturated heterocycles. The van der Waals surface area contributed by atoms with Crippen LogP contribution < -0.4 is 20.7 Å². The van der Waals surface area contributed by atoms with Gasteiger partial charge in [0.05, 0.1) is 5.41 Å². The topological polar surface area (TPSA) is 0 Å². The Morgan fingerprint density at radius 3 is 0.964 bits per heavy atom. The zero-order valence-corrected chi connectivity index (χ0v) is 48.0. The highest BCUT2D eigenvalue weighted by Gasteiger charge is 2.53. The average Bonchev–Trinajstić information content (AvgIpc) is 2.62. The van der Waals surface area contributed by atoms with Crippen LogP contribution in [0.4, 0.5) is 0 Å². The molecule has 3 spiro atoms. The van der Waals surface area contributed by atoms with Gasteiger partial charge in [-0.25, -0.2) is 0 Å². The molecule has 12 aromatic carbocycles. The predicted molar refractivity (Wildman–Crippen MR) is 353 cm³/mol. The fourth-order valence-corrected chi connectivity index (χ4v) is 27.5. The van der Waals surface area contributed by atoms with Crippen LogP contribution in [0.15, 0.2) is 267 Å². The summed E-state index contributed by atoms with van der Waals surface area (Å²) < 4.78 is 0. The molecule has 0 N–H and O–H groups in total. The first-order chi connectivity index (χ1) is 41.0. The van der Waals surface area contributed by atoms with Gasteiger partial charge in [0, 0.05) is 0 Å². The largest absolute Gasteiger partial charge is 0.128 e. The summed E-state index contributed by atoms with van der Waals surface area (Å²) in [6.07, 6.45) is 9.19. The Labute approximate surface area is 488 Å². The van der Waals surface area contributed by atoms with Crippen LogP contribution in [0.3, 0.4) is 0 Å². The molecule has 0 unspecified atom stereocenters. The van der Waals surface area contributed by atoms with Crippen LogP contribution in [0.25, 0.3) is 91.1 Å². The molecule has 83 heavy (non-hydrogen) atoms. The maximum Gasteiger partial charge on any atom is 0.128 e. The second-order valence-corrected chi connectivity index (χ2v) is 32.3. The van der Waals surface area contributed by atoms with Gasteiger partial charge in [-0.1, -0.05) is 267 Å². The number of hydrogen-bond donors (Lipinski definition) is 0. The van der Waals surface area contributed by atoms with E-state index < -0.39 is 21.6 Å². The van der Waals surface area contributed by atoms with E-state index in [4.69, 9.17) is 0 Å². The van der Waals surface area contributed by atoms with Crippen molar-refractivity contribution in [1.29, 1.82) is 0 Å². The summed E-state index contributed by atoms with van der Waals surface area (Å²) in [5, 5.41) is 6.45. The highest BCUT2D eigenvalue weighted by atomic mass is 28.3. The van der Waals surface area contributed by atoms with Gasteiger partial charge < -0.3 is 0 Å². The molecular formula is C81H56Si2. The molecule has 2 heteroatoms. The van der Waals surface area contributed by atoms with Crippen LogP contribution in [0.5, 0.6) is 0 Å². The van der Waals surface area contributed by atoms with Crippen LogP contribution in [-0.4, -0.2) is 16.1 Å². The van der Waals surface area contributed by atoms with E-state index in [1.54, 1.807) is 43.0 Å². The maximum atomic E-state index is 2.49. The van der Waals surface area contributed by atoms with Gasteiger partial charge in [-0.3, -0.25) is 0 Å². The van der Waals surface area contributed by atoms with Crippen molar-refractivity contribution in [2.24, 2.45) is 0 Å². The molecule has 0 fully saturated rings. The molecule has 0 saturated carbocycles. The van der Waals surface area contributed by atoms with Gasteiger partial charge in [0.1, 0.15) is 16.1 Å². The lowest BCUT2D eigenvalue weighted by Gasteiger charge is -2.30. The molecule has 18 rings (SSSR count). The first kappa shape index (κ1) is 47.2. The smallest absolute Gasteiger partial charge is 0.0623 e. The summed E-state index contributed by atoms with van der Waals surface area (Å²) >= 11 is 0. The maximum absolute atomic E-state index is 2.49. The van der Waals surface area contributed by atoms with E-state index in [2.05, 4.69) is 291 Å². The molecule has 388 valence electrons. The third-order valence-electron chi connectivity index (χ3n) is 20.3. The Morgan fingerprint density at radius 1 is 0.229 bits per heavy atom. The summed E-state index contributed by atoms with van der Waals surface area (Å²) in [5.74, 6) is 0. The number of fused-ring (bicyclic) bond motifs is 22. The van der Waals surface area contributed by atoms with Crippen LogP contribution in [0.1, 0.15) is 66.8 Å². The lowest BCUT2D eigenvalue weighted by molar-refractivity contribution is 0.793. The fraction of sp³-hybridized carbons (Fsp3) is 0.0617. The average molecular weight is 1090 g/mol. The summed E-state index contributed by atoms with van der Waals surface area (Å²) in [7, 11) is -3.84. The zero-order valence-electron chi connectivity index (χ0n) is 46.0. The minimum atomic E-state index is -1.92. The standard InChI is InChI=1S/C81H56Si2/c1-2-14-62-50-82(49-61(62)13-1)77-23-11-7-19-69(77)71-47-59(39-43-79(71)82)57-35-29-53(30-36-57)25-27-55-33-41-67-68-42-34-56(46-76(68)81(75(67)45-55)73-21-9-5-17-65(73)66-18-6-10-22-74(66)81)28-26-54-31-37-58(38-32-54)60-40-44-80-72(48-60)70-20-8-12-24-78(70)83(80)51-63-15-3-4-16-64(63)52-83/h1-48H,49-52H2/b27-25+,28-26+. The number of hydrogen-bond acceptors (Lipinski definition) is 0. The van der Waals surface area contributed by atoms with Crippen molar-refractivity contribution < 1.29 is 0 Å². The van der Waals surface area contributed by atoms with Crippen molar-refractivity contribution >= 4 is 61.2 Å². The molecule has 6 aliphatic rings. The van der Waals surface area contributed by atoms with E-state index in [0.29, 0.717) is 0 Å². The lowest BCUT2D eigenvalue weighted by atomic mass is 9.70. The number of rotatable bonds is 6. The van der Waals surface area contributed by atoms with Crippen LogP contribution in [0.2, 0.25) is 0 Å². The third kappa shape index (κ3) is 6.79. The van der Waals surface area contributed by atoms with Gasteiger partial charge in [0.2, 0.25) is 0 Å². The second kappa shape index (κ2) is 17.8. The molecule has 12 aromatic rings. The fourth-order valence-electron chi connectivity index (χ4n) is 16.6. The Balaban J connectivity index is 0.643. The van der Waals surface area contributed by atoms with E-state index in [1.165, 1.54) is 135 Å². The quantitative estimate of drug-likeness (QED) is 0.115. The van der Waals surface area contributed by atoms with Crippen LogP contribution in [-0.2, 0) is 29.6 Å². The molecule has 4 aliphatic heterocycles. The summed E-state index contributed by atoms with van der Waals surface area (Å²) in [6, 6.07) is 107. The lowest BCUT2D eigenvalue weighted by Crippen LogP contribution is -2.57. The molecule has 2 aliphatic carbocycles. The van der Waals surface area contributed by atoms with Gasteiger partial charge in [0.25, 0.3) is 0 Å². The van der Waals surface area contributed by atoms with Gasteiger partial charge in [-0.15, -0.1) is 0 Å². The van der Waals surface area contributed by atoms with E-state index in [-0.39, 0.29) is 0 Å². The first-order valence-electron chi connectivity index (χ1n) is 29.7. The molecular weight excluding hydrogens is 1030 g/mol. The minimum Gasteiger partial charge on any atom is -0.0623 e. The predicted octanol–water partition coefficient (Wildman–Crippen LogP) is 16.5. The van der Waals surface area contributed by atoms with Gasteiger partial charge in [-0.2, -0.15) is 0 Å². The molecule has 0 aromatic heterocycles. The van der Waals surface area contributed by atoms with E-state index in [0.717, 1.165) is 0 Å². The zero-order chi connectivity index (χ0) is 54.4. The number of benzene rings is 12. The molecule has 0 amide bonds. The normalized spacial score (nSPS) is 15.7. The molecule has 0 atom stereocenters. The van der Waals surface area contributed by atoms with E-state index in [1.807, 2.05) is 0 Å². The second-order valence-electron chi connectivity index (χ2n) is 24.4. The highest BCUT2D eigenvalue weighted by molar-refractivity contribution is 7.06. The van der Waals surface area contributed by atoms with Gasteiger partial charge in [-0.05, 0) is 203 Å². The Morgan fingerprint density at radius 2 is 0.542 bits per heavy atom. The van der Waals surface area contributed by atoms with Gasteiger partial charge in [0.15, 0.2) is 0 Å². The summed E-state index contributed by atoms with van der Waals surface area (Å²) in [6.45, 7) is 0. The summed E-state index contributed by atoms with van der Waals surface area (Å²) in [4.78, 5) is 0. The van der Waals surface area contributed by atoms with Crippen molar-refractivity contribution in [2.75, 3.05) is 0 Å². The highest BCUT2D eigenvalue weighted by Crippen LogP contribution is 2.63. The minimum absolute atomic E-state index is 0.449. The van der Waals surface area contributed by atoms with E-state index in [9.17, 15) is 0 Å². The molecule has 0 radical (unpaired) electrons. The van der Waals surface area contributed by atoms with Crippen LogP contribution in [0, 0.1) is 0 Å². The summed E-state index contributed by atoms with van der Waals surface area (Å²) in [5.41, 5.74) is 32.1. The molecule has 0 bridgehead atoms. The van der Waals surface area contributed by atoms with Crippen molar-refractivity contribution in [1.82, 2.24) is 0 Å². The van der Waals surface area contributed by atoms with Crippen molar-refractivity contribution in [3.63, 3.8) is 0 Å². The molecule has 0 nitrogen and oxygen atoms in total. The van der Waals surface area contributed by atoms with Gasteiger partial charge >= 0.3 is 0 Å². The van der Waals surface area contributed by atoms with E-state index >= 15 is 0 Å². The van der Waals surface area contributed by atoms with Crippen molar-refractivity contribution in [3.8, 4) is 66.8 Å². The third-order valence-corrected chi connectivity index (χ3v) is 30.1. The Bertz CT molecular complexity index is 4440.